The standard InChI is InChI=1S/C27H28Cl2N2O2S/c1-2-30-27(33)25(16-20-8-4-3-5-9-20)31(17-22-10-6-7-11-24(22)29)26(32)19-34-18-21-12-14-23(28)15-13-21/h3-15,25H,2,16-19H2,1H3,(H,30,33). The lowest BCUT2D eigenvalue weighted by molar-refractivity contribution is -0.139. The summed E-state index contributed by atoms with van der Waals surface area (Å²) in [4.78, 5) is 28.3. The Morgan fingerprint density at radius 2 is 1.59 bits per heavy atom. The predicted octanol–water partition coefficient (Wildman–Crippen LogP) is 6.00. The van der Waals surface area contributed by atoms with Crippen molar-refractivity contribution < 1.29 is 9.59 Å². The van der Waals surface area contributed by atoms with Crippen LogP contribution in [0.3, 0.4) is 0 Å². The van der Waals surface area contributed by atoms with Gasteiger partial charge in [0, 0.05) is 35.3 Å². The van der Waals surface area contributed by atoms with Crippen LogP contribution in [-0.4, -0.2) is 35.1 Å². The van der Waals surface area contributed by atoms with Crippen LogP contribution < -0.4 is 5.32 Å². The maximum absolute atomic E-state index is 13.5. The molecule has 1 N–H and O–H groups in total. The number of benzene rings is 3. The van der Waals surface area contributed by atoms with E-state index in [2.05, 4.69) is 5.32 Å². The van der Waals surface area contributed by atoms with Crippen molar-refractivity contribution in [2.24, 2.45) is 0 Å². The summed E-state index contributed by atoms with van der Waals surface area (Å²) in [6.45, 7) is 2.62. The highest BCUT2D eigenvalue weighted by molar-refractivity contribution is 7.99. The van der Waals surface area contributed by atoms with Crippen LogP contribution in [0.5, 0.6) is 0 Å². The van der Waals surface area contributed by atoms with Crippen LogP contribution in [-0.2, 0) is 28.3 Å². The quantitative estimate of drug-likeness (QED) is 0.341. The molecule has 0 heterocycles. The van der Waals surface area contributed by atoms with Crippen molar-refractivity contribution in [2.75, 3.05) is 12.3 Å². The number of rotatable bonds is 11. The van der Waals surface area contributed by atoms with Gasteiger partial charge in [-0.25, -0.2) is 0 Å². The molecule has 0 aliphatic heterocycles. The van der Waals surface area contributed by atoms with Crippen LogP contribution in [0.1, 0.15) is 23.6 Å². The van der Waals surface area contributed by atoms with E-state index in [-0.39, 0.29) is 24.1 Å². The van der Waals surface area contributed by atoms with Gasteiger partial charge in [0.2, 0.25) is 11.8 Å². The first-order valence-electron chi connectivity index (χ1n) is 11.1. The van der Waals surface area contributed by atoms with Gasteiger partial charge < -0.3 is 10.2 Å². The number of nitrogens with zero attached hydrogens (tertiary/aromatic N) is 1. The maximum atomic E-state index is 13.5. The van der Waals surface area contributed by atoms with Crippen molar-refractivity contribution in [3.63, 3.8) is 0 Å². The van der Waals surface area contributed by atoms with Gasteiger partial charge >= 0.3 is 0 Å². The maximum Gasteiger partial charge on any atom is 0.243 e. The molecule has 0 saturated heterocycles. The molecule has 34 heavy (non-hydrogen) atoms. The Balaban J connectivity index is 1.82. The fraction of sp³-hybridized carbons (Fsp3) is 0.259. The van der Waals surface area contributed by atoms with Crippen molar-refractivity contribution in [1.82, 2.24) is 10.2 Å². The number of likely N-dealkylation sites (N-methyl/N-ethyl adjacent to an activating group) is 1. The minimum absolute atomic E-state index is 0.105. The summed E-state index contributed by atoms with van der Waals surface area (Å²) < 4.78 is 0. The van der Waals surface area contributed by atoms with Crippen molar-refractivity contribution in [1.29, 1.82) is 0 Å². The van der Waals surface area contributed by atoms with Crippen molar-refractivity contribution >= 4 is 46.8 Å². The second-order valence-corrected chi connectivity index (χ2v) is 9.66. The number of amides is 2. The van der Waals surface area contributed by atoms with E-state index in [1.165, 1.54) is 11.8 Å². The molecule has 0 aliphatic rings. The molecule has 0 bridgehead atoms. The molecule has 3 aromatic carbocycles. The number of hydrogen-bond acceptors (Lipinski definition) is 3. The molecular formula is C27H28Cl2N2O2S. The van der Waals surface area contributed by atoms with Gasteiger partial charge in [0.1, 0.15) is 6.04 Å². The average Bonchev–Trinajstić information content (AvgIpc) is 2.84. The predicted molar refractivity (Wildman–Crippen MR) is 142 cm³/mol. The second-order valence-electron chi connectivity index (χ2n) is 7.83. The molecule has 1 atom stereocenters. The number of carbonyl (C=O) groups is 2. The molecular weight excluding hydrogens is 487 g/mol. The second kappa shape index (κ2) is 13.4. The number of thioether (sulfide) groups is 1. The fourth-order valence-corrected chi connectivity index (χ4v) is 4.77. The lowest BCUT2D eigenvalue weighted by atomic mass is 10.0. The molecule has 0 radical (unpaired) electrons. The molecule has 2 amide bonds. The third-order valence-electron chi connectivity index (χ3n) is 5.33. The first kappa shape index (κ1) is 26.1. The summed E-state index contributed by atoms with van der Waals surface area (Å²) >= 11 is 13.9. The highest BCUT2D eigenvalue weighted by Crippen LogP contribution is 2.22. The first-order chi connectivity index (χ1) is 16.5. The Morgan fingerprint density at radius 1 is 0.912 bits per heavy atom. The molecule has 0 aliphatic carbocycles. The first-order valence-corrected chi connectivity index (χ1v) is 13.1. The third-order valence-corrected chi connectivity index (χ3v) is 6.94. The number of halogens is 2. The smallest absolute Gasteiger partial charge is 0.243 e. The Kier molecular flexibility index (Phi) is 10.3. The van der Waals surface area contributed by atoms with Gasteiger partial charge in [-0.1, -0.05) is 83.9 Å². The number of hydrogen-bond donors (Lipinski definition) is 1. The molecule has 0 spiro atoms. The molecule has 0 saturated carbocycles. The molecule has 1 unspecified atom stereocenters. The van der Waals surface area contributed by atoms with E-state index in [4.69, 9.17) is 23.2 Å². The molecule has 0 aromatic heterocycles. The molecule has 3 rings (SSSR count). The summed E-state index contributed by atoms with van der Waals surface area (Å²) in [6, 6.07) is 24.1. The van der Waals surface area contributed by atoms with Crippen LogP contribution in [0.25, 0.3) is 0 Å². The van der Waals surface area contributed by atoms with Gasteiger partial charge in [0.25, 0.3) is 0 Å². The minimum atomic E-state index is -0.651. The van der Waals surface area contributed by atoms with Gasteiger partial charge in [-0.05, 0) is 41.8 Å². The van der Waals surface area contributed by atoms with Crippen LogP contribution in [0.15, 0.2) is 78.9 Å². The Bertz CT molecular complexity index is 1080. The van der Waals surface area contributed by atoms with Gasteiger partial charge in [-0.3, -0.25) is 9.59 Å². The number of carbonyl (C=O) groups excluding carboxylic acids is 2. The summed E-state index contributed by atoms with van der Waals surface area (Å²) in [5.41, 5.74) is 2.89. The molecule has 178 valence electrons. The lowest BCUT2D eigenvalue weighted by Crippen LogP contribution is -2.51. The average molecular weight is 516 g/mol. The zero-order chi connectivity index (χ0) is 24.3. The van der Waals surface area contributed by atoms with E-state index >= 15 is 0 Å². The Hall–Kier alpha value is -2.47. The Labute approximate surface area is 215 Å². The minimum Gasteiger partial charge on any atom is -0.355 e. The Morgan fingerprint density at radius 3 is 2.26 bits per heavy atom. The van der Waals surface area contributed by atoms with Crippen molar-refractivity contribution in [3.8, 4) is 0 Å². The topological polar surface area (TPSA) is 49.4 Å². The molecule has 3 aromatic rings. The zero-order valence-electron chi connectivity index (χ0n) is 19.0. The van der Waals surface area contributed by atoms with Crippen molar-refractivity contribution in [2.45, 2.75) is 31.7 Å². The van der Waals surface area contributed by atoms with Gasteiger partial charge in [-0.2, -0.15) is 0 Å². The van der Waals surface area contributed by atoms with Crippen LogP contribution >= 0.6 is 35.0 Å². The van der Waals surface area contributed by atoms with Gasteiger partial charge in [-0.15, -0.1) is 11.8 Å². The van der Waals surface area contributed by atoms with Crippen molar-refractivity contribution in [3.05, 3.63) is 106 Å². The fourth-order valence-electron chi connectivity index (χ4n) is 3.58. The highest BCUT2D eigenvalue weighted by atomic mass is 35.5. The number of nitrogens with one attached hydrogen (secondary N) is 1. The van der Waals surface area contributed by atoms with E-state index < -0.39 is 6.04 Å². The molecule has 4 nitrogen and oxygen atoms in total. The zero-order valence-corrected chi connectivity index (χ0v) is 21.4. The third kappa shape index (κ3) is 7.79. The van der Waals surface area contributed by atoms with Crippen LogP contribution in [0.4, 0.5) is 0 Å². The summed E-state index contributed by atoms with van der Waals surface area (Å²) in [5, 5.41) is 4.16. The van der Waals surface area contributed by atoms with E-state index in [0.717, 1.165) is 16.7 Å². The van der Waals surface area contributed by atoms with Gasteiger partial charge in [0.05, 0.1) is 5.75 Å². The van der Waals surface area contributed by atoms with E-state index in [0.29, 0.717) is 28.8 Å². The summed E-state index contributed by atoms with van der Waals surface area (Å²) in [5.74, 6) is 0.644. The molecule has 7 heteroatoms. The van der Waals surface area contributed by atoms with Crippen LogP contribution in [0, 0.1) is 0 Å². The lowest BCUT2D eigenvalue weighted by Gasteiger charge is -2.31. The van der Waals surface area contributed by atoms with E-state index in [9.17, 15) is 9.59 Å². The SMILES string of the molecule is CCNC(=O)C(Cc1ccccc1)N(Cc1ccccc1Cl)C(=O)CSCc1ccc(Cl)cc1. The monoisotopic (exact) mass is 514 g/mol. The summed E-state index contributed by atoms with van der Waals surface area (Å²) in [6.07, 6.45) is 0.421. The van der Waals surface area contributed by atoms with E-state index in [1.807, 2.05) is 79.7 Å². The van der Waals surface area contributed by atoms with Crippen LogP contribution in [0.2, 0.25) is 10.0 Å². The largest absolute Gasteiger partial charge is 0.355 e. The van der Waals surface area contributed by atoms with E-state index in [1.54, 1.807) is 11.0 Å². The molecule has 0 fully saturated rings. The van der Waals surface area contributed by atoms with Gasteiger partial charge in [0.15, 0.2) is 0 Å². The normalized spacial score (nSPS) is 11.6. The highest BCUT2D eigenvalue weighted by Gasteiger charge is 2.30. The summed E-state index contributed by atoms with van der Waals surface area (Å²) in [7, 11) is 0.